The van der Waals surface area contributed by atoms with E-state index >= 15 is 0 Å². The van der Waals surface area contributed by atoms with E-state index in [1.165, 1.54) is 0 Å². The molecule has 0 aliphatic rings. The fourth-order valence-electron chi connectivity index (χ4n) is 2.73. The van der Waals surface area contributed by atoms with Gasteiger partial charge in [-0.3, -0.25) is 14.9 Å². The molecule has 26 heavy (non-hydrogen) atoms. The van der Waals surface area contributed by atoms with Crippen molar-refractivity contribution in [1.82, 2.24) is 9.97 Å². The smallest absolute Gasteiger partial charge is 0.415 e. The van der Waals surface area contributed by atoms with E-state index in [4.69, 9.17) is 4.74 Å². The fourth-order valence-corrected chi connectivity index (χ4v) is 3.19. The SMILES string of the molecule is CC(C)(C)N(C(=O)OCc1ccc2cncc(Br)c2c1)c1cccnc1. The van der Waals surface area contributed by atoms with Crippen molar-refractivity contribution in [3.05, 3.63) is 65.2 Å². The van der Waals surface area contributed by atoms with Gasteiger partial charge in [-0.2, -0.15) is 0 Å². The number of halogens is 1. The number of nitrogens with zero attached hydrogens (tertiary/aromatic N) is 3. The maximum atomic E-state index is 12.8. The van der Waals surface area contributed by atoms with Crippen molar-refractivity contribution < 1.29 is 9.53 Å². The van der Waals surface area contributed by atoms with Gasteiger partial charge < -0.3 is 4.74 Å². The van der Waals surface area contributed by atoms with Gasteiger partial charge in [0.2, 0.25) is 0 Å². The standard InChI is InChI=1S/C20H20BrN3O2/c1-20(2,3)24(16-5-4-8-22-11-16)19(25)26-13-14-6-7-15-10-23-12-18(21)17(15)9-14/h4-12H,13H2,1-3H3. The third-order valence-electron chi connectivity index (χ3n) is 3.90. The summed E-state index contributed by atoms with van der Waals surface area (Å²) in [6, 6.07) is 9.56. The summed E-state index contributed by atoms with van der Waals surface area (Å²) in [5, 5.41) is 2.06. The first-order valence-corrected chi connectivity index (χ1v) is 9.05. The number of benzene rings is 1. The van der Waals surface area contributed by atoms with Crippen molar-refractivity contribution in [3.8, 4) is 0 Å². The predicted molar refractivity (Wildman–Crippen MR) is 106 cm³/mol. The second-order valence-corrected chi connectivity index (χ2v) is 7.80. The highest BCUT2D eigenvalue weighted by Crippen LogP contribution is 2.26. The highest BCUT2D eigenvalue weighted by Gasteiger charge is 2.29. The Kier molecular flexibility index (Phi) is 5.23. The fraction of sp³-hybridized carbons (Fsp3) is 0.250. The Morgan fingerprint density at radius 3 is 2.65 bits per heavy atom. The van der Waals surface area contributed by atoms with Crippen LogP contribution in [0.25, 0.3) is 10.8 Å². The first-order chi connectivity index (χ1) is 12.4. The monoisotopic (exact) mass is 413 g/mol. The molecule has 2 heterocycles. The molecular weight excluding hydrogens is 394 g/mol. The van der Waals surface area contributed by atoms with Gasteiger partial charge in [0, 0.05) is 34.0 Å². The summed E-state index contributed by atoms with van der Waals surface area (Å²) in [5.74, 6) is 0. The van der Waals surface area contributed by atoms with Crippen molar-refractivity contribution in [2.75, 3.05) is 4.90 Å². The number of anilines is 1. The van der Waals surface area contributed by atoms with Crippen LogP contribution in [0.3, 0.4) is 0 Å². The average Bonchev–Trinajstić information content (AvgIpc) is 2.60. The van der Waals surface area contributed by atoms with Gasteiger partial charge in [0.25, 0.3) is 0 Å². The molecule has 1 amide bonds. The molecule has 0 atom stereocenters. The van der Waals surface area contributed by atoms with E-state index in [9.17, 15) is 4.79 Å². The molecule has 0 saturated heterocycles. The number of hydrogen-bond donors (Lipinski definition) is 0. The van der Waals surface area contributed by atoms with Crippen LogP contribution in [0.4, 0.5) is 10.5 Å². The molecule has 1 aromatic carbocycles. The molecule has 0 aliphatic heterocycles. The minimum absolute atomic E-state index is 0.191. The lowest BCUT2D eigenvalue weighted by atomic mass is 10.1. The van der Waals surface area contributed by atoms with Crippen LogP contribution in [-0.4, -0.2) is 21.6 Å². The highest BCUT2D eigenvalue weighted by atomic mass is 79.9. The molecular formula is C20H20BrN3O2. The lowest BCUT2D eigenvalue weighted by molar-refractivity contribution is 0.141. The number of carbonyl (C=O) groups excluding carboxylic acids is 1. The normalized spacial score (nSPS) is 11.4. The molecule has 134 valence electrons. The average molecular weight is 414 g/mol. The molecule has 0 unspecified atom stereocenters. The van der Waals surface area contributed by atoms with E-state index < -0.39 is 11.6 Å². The Morgan fingerprint density at radius 2 is 1.96 bits per heavy atom. The lowest BCUT2D eigenvalue weighted by Gasteiger charge is -2.34. The molecule has 0 fully saturated rings. The summed E-state index contributed by atoms with van der Waals surface area (Å²) in [7, 11) is 0. The van der Waals surface area contributed by atoms with Crippen molar-refractivity contribution in [2.24, 2.45) is 0 Å². The molecule has 0 bridgehead atoms. The molecule has 0 saturated carbocycles. The zero-order chi connectivity index (χ0) is 18.7. The van der Waals surface area contributed by atoms with Gasteiger partial charge in [-0.05, 0) is 65.8 Å². The first kappa shape index (κ1) is 18.3. The summed E-state index contributed by atoms with van der Waals surface area (Å²) in [4.78, 5) is 22.6. The minimum Gasteiger partial charge on any atom is -0.444 e. The van der Waals surface area contributed by atoms with Gasteiger partial charge in [0.15, 0.2) is 0 Å². The Balaban J connectivity index is 1.79. The molecule has 3 aromatic rings. The summed E-state index contributed by atoms with van der Waals surface area (Å²) in [6.07, 6.45) is 6.49. The number of hydrogen-bond acceptors (Lipinski definition) is 4. The zero-order valence-corrected chi connectivity index (χ0v) is 16.5. The second kappa shape index (κ2) is 7.41. The van der Waals surface area contributed by atoms with E-state index in [2.05, 4.69) is 25.9 Å². The van der Waals surface area contributed by atoms with Crippen LogP contribution >= 0.6 is 15.9 Å². The number of aromatic nitrogens is 2. The van der Waals surface area contributed by atoms with Crippen molar-refractivity contribution >= 4 is 38.5 Å². The molecule has 3 rings (SSSR count). The third kappa shape index (κ3) is 4.02. The van der Waals surface area contributed by atoms with Crippen molar-refractivity contribution in [3.63, 3.8) is 0 Å². The van der Waals surface area contributed by atoms with Gasteiger partial charge in [0.1, 0.15) is 6.61 Å². The van der Waals surface area contributed by atoms with Crippen LogP contribution in [0.15, 0.2) is 59.6 Å². The van der Waals surface area contributed by atoms with E-state index in [1.54, 1.807) is 35.8 Å². The molecule has 0 radical (unpaired) electrons. The van der Waals surface area contributed by atoms with Gasteiger partial charge in [-0.15, -0.1) is 0 Å². The Hall–Kier alpha value is -2.47. The van der Waals surface area contributed by atoms with E-state index in [0.29, 0.717) is 5.69 Å². The summed E-state index contributed by atoms with van der Waals surface area (Å²) in [5.41, 5.74) is 1.19. The molecule has 6 heteroatoms. The van der Waals surface area contributed by atoms with Gasteiger partial charge in [-0.25, -0.2) is 4.79 Å². The predicted octanol–water partition coefficient (Wildman–Crippen LogP) is 5.33. The van der Waals surface area contributed by atoms with Crippen LogP contribution < -0.4 is 4.90 Å². The van der Waals surface area contributed by atoms with Crippen LogP contribution in [0.5, 0.6) is 0 Å². The van der Waals surface area contributed by atoms with Crippen LogP contribution in [0.1, 0.15) is 26.3 Å². The summed E-state index contributed by atoms with van der Waals surface area (Å²) >= 11 is 3.51. The Labute approximate surface area is 161 Å². The van der Waals surface area contributed by atoms with Crippen LogP contribution in [0.2, 0.25) is 0 Å². The second-order valence-electron chi connectivity index (χ2n) is 6.95. The number of amides is 1. The van der Waals surface area contributed by atoms with Crippen LogP contribution in [0, 0.1) is 0 Å². The summed E-state index contributed by atoms with van der Waals surface area (Å²) in [6.45, 7) is 6.07. The maximum absolute atomic E-state index is 12.8. The first-order valence-electron chi connectivity index (χ1n) is 8.25. The largest absolute Gasteiger partial charge is 0.444 e. The van der Waals surface area contributed by atoms with Crippen molar-refractivity contribution in [1.29, 1.82) is 0 Å². The molecule has 5 nitrogen and oxygen atoms in total. The molecule has 0 aliphatic carbocycles. The van der Waals surface area contributed by atoms with Crippen LogP contribution in [-0.2, 0) is 11.3 Å². The minimum atomic E-state index is -0.432. The van der Waals surface area contributed by atoms with Gasteiger partial charge in [0.05, 0.1) is 11.9 Å². The molecule has 0 N–H and O–H groups in total. The number of ether oxygens (including phenoxy) is 1. The van der Waals surface area contributed by atoms with E-state index in [1.807, 2.05) is 45.0 Å². The van der Waals surface area contributed by atoms with Gasteiger partial charge >= 0.3 is 6.09 Å². The Bertz CT molecular complexity index is 923. The third-order valence-corrected chi connectivity index (χ3v) is 4.53. The quantitative estimate of drug-likeness (QED) is 0.581. The topological polar surface area (TPSA) is 55.3 Å². The van der Waals surface area contributed by atoms with E-state index in [-0.39, 0.29) is 6.61 Å². The van der Waals surface area contributed by atoms with Gasteiger partial charge in [-0.1, -0.05) is 12.1 Å². The Morgan fingerprint density at radius 1 is 1.15 bits per heavy atom. The number of fused-ring (bicyclic) bond motifs is 1. The molecule has 2 aromatic heterocycles. The summed E-state index contributed by atoms with van der Waals surface area (Å²) < 4.78 is 6.50. The van der Waals surface area contributed by atoms with E-state index in [0.717, 1.165) is 20.8 Å². The van der Waals surface area contributed by atoms with Crippen molar-refractivity contribution in [2.45, 2.75) is 32.9 Å². The maximum Gasteiger partial charge on any atom is 0.415 e. The lowest BCUT2D eigenvalue weighted by Crippen LogP contribution is -2.46. The number of pyridine rings is 2. The molecule has 0 spiro atoms. The number of rotatable bonds is 3. The zero-order valence-electron chi connectivity index (χ0n) is 14.9. The number of carbonyl (C=O) groups is 1. The highest BCUT2D eigenvalue weighted by molar-refractivity contribution is 9.10.